The third-order valence-corrected chi connectivity index (χ3v) is 7.63. The Morgan fingerprint density at radius 1 is 1.41 bits per heavy atom. The predicted molar refractivity (Wildman–Crippen MR) is 152 cm³/mol. The van der Waals surface area contributed by atoms with Crippen molar-refractivity contribution in [2.24, 2.45) is 0 Å². The first kappa shape index (κ1) is 27.6. The Hall–Kier alpha value is -0.950. The normalized spacial score (nSPS) is 13.3. The molecule has 4 atom stereocenters. The van der Waals surface area contributed by atoms with E-state index in [1.54, 1.807) is 25.1 Å². The largest absolute Gasteiger partial charge is 0.488 e. The smallest absolute Gasteiger partial charge is 0.350 e. The van der Waals surface area contributed by atoms with Gasteiger partial charge in [0.1, 0.15) is 24.3 Å². The Morgan fingerprint density at radius 2 is 2.12 bits per heavy atom. The highest BCUT2D eigenvalue weighted by Gasteiger charge is 2.26. The SMILES string of the molecule is CCn1c(CO)nn(-c2cc(O[C@@H](C)C(P)(P)P)c(/C(F)=C/c3cnccc3Cl)cc2I)c1=O. The quantitative estimate of drug-likeness (QED) is 0.281. The second-order valence-corrected chi connectivity index (χ2v) is 14.0. The molecule has 0 saturated heterocycles. The number of aromatic nitrogens is 4. The molecule has 0 saturated carbocycles. The Balaban J connectivity index is 2.21. The van der Waals surface area contributed by atoms with E-state index >= 15 is 4.39 Å². The first-order valence-corrected chi connectivity index (χ1v) is 13.3. The maximum atomic E-state index is 15.5. The topological polar surface area (TPSA) is 82.2 Å². The molecule has 0 radical (unpaired) electrons. The average Bonchev–Trinajstić information content (AvgIpc) is 3.10. The molecule has 3 rings (SSSR count). The van der Waals surface area contributed by atoms with Crippen LogP contribution in [-0.2, 0) is 13.2 Å². The molecule has 0 amide bonds. The van der Waals surface area contributed by atoms with Gasteiger partial charge in [0.2, 0.25) is 0 Å². The maximum Gasteiger partial charge on any atom is 0.350 e. The number of nitrogens with zero attached hydrogens (tertiary/aromatic N) is 4. The Morgan fingerprint density at radius 3 is 2.68 bits per heavy atom. The molecule has 0 bridgehead atoms. The lowest BCUT2D eigenvalue weighted by atomic mass is 10.1. The van der Waals surface area contributed by atoms with E-state index in [1.165, 1.54) is 27.7 Å². The Bertz CT molecular complexity index is 1290. The predicted octanol–water partition coefficient (Wildman–Crippen LogP) is 4.71. The Kier molecular flexibility index (Phi) is 9.27. The van der Waals surface area contributed by atoms with Crippen molar-refractivity contribution >= 4 is 73.8 Å². The molecule has 182 valence electrons. The third-order valence-electron chi connectivity index (χ3n) is 5.02. The molecule has 2 heterocycles. The molecule has 1 N–H and O–H groups in total. The van der Waals surface area contributed by atoms with E-state index in [2.05, 4.69) is 37.8 Å². The second kappa shape index (κ2) is 11.4. The third kappa shape index (κ3) is 6.05. The van der Waals surface area contributed by atoms with Gasteiger partial charge in [-0.2, -0.15) is 4.68 Å². The molecule has 0 aliphatic heterocycles. The van der Waals surface area contributed by atoms with Crippen molar-refractivity contribution in [2.45, 2.75) is 37.7 Å². The summed E-state index contributed by atoms with van der Waals surface area (Å²) in [6, 6.07) is 4.74. The summed E-state index contributed by atoms with van der Waals surface area (Å²) in [6.45, 7) is 3.60. The van der Waals surface area contributed by atoms with Gasteiger partial charge in [-0.05, 0) is 54.6 Å². The van der Waals surface area contributed by atoms with Crippen molar-refractivity contribution in [3.63, 3.8) is 0 Å². The van der Waals surface area contributed by atoms with Gasteiger partial charge in [0, 0.05) is 38.8 Å². The number of aliphatic hydroxyl groups excluding tert-OH is 1. The van der Waals surface area contributed by atoms with Gasteiger partial charge in [-0.25, -0.2) is 9.18 Å². The van der Waals surface area contributed by atoms with E-state index in [4.69, 9.17) is 16.3 Å². The number of hydrogen-bond acceptors (Lipinski definition) is 5. The number of halogens is 3. The van der Waals surface area contributed by atoms with E-state index < -0.39 is 16.2 Å². The monoisotopic (exact) mass is 654 g/mol. The number of benzene rings is 1. The van der Waals surface area contributed by atoms with Crippen LogP contribution in [0, 0.1) is 3.57 Å². The van der Waals surface area contributed by atoms with Gasteiger partial charge < -0.3 is 9.84 Å². The summed E-state index contributed by atoms with van der Waals surface area (Å²) in [6.07, 6.45) is 3.90. The first-order valence-electron chi connectivity index (χ1n) is 10.1. The summed E-state index contributed by atoms with van der Waals surface area (Å²) < 4.78 is 24.3. The van der Waals surface area contributed by atoms with Crippen LogP contribution in [0.3, 0.4) is 0 Å². The Labute approximate surface area is 222 Å². The molecule has 0 aliphatic rings. The number of hydrogen-bond donors (Lipinski definition) is 1. The fourth-order valence-corrected chi connectivity index (χ4v) is 4.08. The number of ether oxygens (including phenoxy) is 1. The molecule has 34 heavy (non-hydrogen) atoms. The molecule has 13 heteroatoms. The standard InChI is InChI=1S/C21H24ClFIN4O3P3/c1-3-27-19(10-29)26-28(20(27)30)17-8-18(31-11(2)21(32,33)34)13(7-16(17)24)15(23)6-12-9-25-5-4-14(12)22/h4-9,11,29H,3,10,32-34H2,1-2H3/b15-6-/t11-/m0/s1. The second-order valence-electron chi connectivity index (χ2n) is 7.46. The number of aliphatic hydroxyl groups is 1. The minimum absolute atomic E-state index is 0.189. The highest BCUT2D eigenvalue weighted by molar-refractivity contribution is 14.1. The van der Waals surface area contributed by atoms with Crippen molar-refractivity contribution in [3.05, 3.63) is 66.6 Å². The van der Waals surface area contributed by atoms with Crippen LogP contribution in [0.15, 0.2) is 35.4 Å². The maximum absolute atomic E-state index is 15.5. The van der Waals surface area contributed by atoms with Crippen LogP contribution in [0.1, 0.15) is 30.8 Å². The zero-order valence-corrected chi connectivity index (χ0v) is 24.8. The molecule has 0 aliphatic carbocycles. The van der Waals surface area contributed by atoms with E-state index in [0.29, 0.717) is 26.4 Å². The van der Waals surface area contributed by atoms with E-state index in [1.807, 2.05) is 29.5 Å². The molecule has 0 spiro atoms. The molecule has 3 unspecified atom stereocenters. The zero-order chi connectivity index (χ0) is 25.2. The fraction of sp³-hybridized carbons (Fsp3) is 0.286. The summed E-state index contributed by atoms with van der Waals surface area (Å²) >= 11 is 8.19. The van der Waals surface area contributed by atoms with E-state index in [9.17, 15) is 9.90 Å². The highest BCUT2D eigenvalue weighted by Crippen LogP contribution is 2.42. The summed E-state index contributed by atoms with van der Waals surface area (Å²) in [5.41, 5.74) is 0.608. The summed E-state index contributed by atoms with van der Waals surface area (Å²) in [5, 5.41) is 14.2. The molecule has 2 aromatic heterocycles. The summed E-state index contributed by atoms with van der Waals surface area (Å²) in [4.78, 5) is 16.9. The number of pyridine rings is 1. The van der Waals surface area contributed by atoms with Gasteiger partial charge in [0.25, 0.3) is 0 Å². The molecule has 3 aromatic rings. The molecule has 7 nitrogen and oxygen atoms in total. The van der Waals surface area contributed by atoms with Gasteiger partial charge >= 0.3 is 5.69 Å². The van der Waals surface area contributed by atoms with Crippen molar-refractivity contribution in [3.8, 4) is 11.4 Å². The molecular formula is C21H24ClFIN4O3P3. The van der Waals surface area contributed by atoms with Gasteiger partial charge in [0.15, 0.2) is 5.82 Å². The lowest BCUT2D eigenvalue weighted by Crippen LogP contribution is -2.27. The van der Waals surface area contributed by atoms with Crippen LogP contribution >= 0.6 is 61.9 Å². The van der Waals surface area contributed by atoms with Crippen molar-refractivity contribution in [1.29, 1.82) is 0 Å². The van der Waals surface area contributed by atoms with Crippen LogP contribution in [-0.4, -0.2) is 35.2 Å². The minimum Gasteiger partial charge on any atom is -0.488 e. The minimum atomic E-state index is -0.578. The number of rotatable bonds is 8. The lowest BCUT2D eigenvalue weighted by molar-refractivity contribution is 0.230. The molecular weight excluding hydrogens is 631 g/mol. The fourth-order valence-electron chi connectivity index (χ4n) is 3.02. The zero-order valence-electron chi connectivity index (χ0n) is 18.4. The van der Waals surface area contributed by atoms with E-state index in [0.717, 1.165) is 0 Å². The van der Waals surface area contributed by atoms with Crippen molar-refractivity contribution in [2.75, 3.05) is 0 Å². The van der Waals surface area contributed by atoms with Crippen LogP contribution in [0.4, 0.5) is 4.39 Å². The van der Waals surface area contributed by atoms with Gasteiger partial charge in [-0.1, -0.05) is 11.6 Å². The van der Waals surface area contributed by atoms with Crippen LogP contribution in [0.25, 0.3) is 17.6 Å². The van der Waals surface area contributed by atoms with Crippen LogP contribution < -0.4 is 10.4 Å². The van der Waals surface area contributed by atoms with Crippen LogP contribution in [0.5, 0.6) is 5.75 Å². The highest BCUT2D eigenvalue weighted by atomic mass is 127. The molecule has 1 aromatic carbocycles. The van der Waals surface area contributed by atoms with Crippen molar-refractivity contribution < 1.29 is 14.2 Å². The van der Waals surface area contributed by atoms with E-state index in [-0.39, 0.29) is 29.8 Å². The van der Waals surface area contributed by atoms with Gasteiger partial charge in [0.05, 0.1) is 16.3 Å². The van der Waals surface area contributed by atoms with Crippen LogP contribution in [0.2, 0.25) is 5.02 Å². The summed E-state index contributed by atoms with van der Waals surface area (Å²) in [7, 11) is 7.93. The van der Waals surface area contributed by atoms with Gasteiger partial charge in [-0.3, -0.25) is 9.55 Å². The average molecular weight is 655 g/mol. The lowest BCUT2D eigenvalue weighted by Gasteiger charge is -2.28. The van der Waals surface area contributed by atoms with Crippen molar-refractivity contribution in [1.82, 2.24) is 19.3 Å². The summed E-state index contributed by atoms with van der Waals surface area (Å²) in [5.74, 6) is -0.123. The molecule has 0 fully saturated rings. The first-order chi connectivity index (χ1) is 16.0. The van der Waals surface area contributed by atoms with Gasteiger partial charge in [-0.15, -0.1) is 32.8 Å².